The van der Waals surface area contributed by atoms with Crippen LogP contribution in [0.1, 0.15) is 79.6 Å². The maximum atomic E-state index is 14.4. The number of hydrogen-bond donors (Lipinski definition) is 2. The fourth-order valence-electron chi connectivity index (χ4n) is 7.28. The number of nitrogens with one attached hydrogen (secondary N) is 1. The van der Waals surface area contributed by atoms with E-state index in [0.29, 0.717) is 47.3 Å². The smallest absolute Gasteiger partial charge is 0.452 e. The number of aliphatic carboxylic acids is 1. The number of alkyl halides is 3. The Morgan fingerprint density at radius 2 is 1.88 bits per heavy atom. The number of ether oxygens (including phenoxy) is 2. The van der Waals surface area contributed by atoms with Gasteiger partial charge in [0.05, 0.1) is 18.6 Å². The first kappa shape index (κ1) is 36.4. The fraction of sp³-hybridized carbons (Fsp3) is 0.528. The zero-order valence-electron chi connectivity index (χ0n) is 29.7. The van der Waals surface area contributed by atoms with Gasteiger partial charge in [0.1, 0.15) is 10.5 Å². The number of dihydropyridines is 1. The van der Waals surface area contributed by atoms with E-state index in [1.807, 2.05) is 19.9 Å². The highest BCUT2D eigenvalue weighted by Crippen LogP contribution is 2.48. The number of likely N-dealkylation sites (tertiary alicyclic amines) is 1. The third-order valence-corrected chi connectivity index (χ3v) is 12.7. The predicted octanol–water partition coefficient (Wildman–Crippen LogP) is 5.07. The molecule has 1 saturated heterocycles. The van der Waals surface area contributed by atoms with Gasteiger partial charge in [0, 0.05) is 25.2 Å². The summed E-state index contributed by atoms with van der Waals surface area (Å²) in [7, 11) is -4.08. The molecule has 3 aliphatic heterocycles. The molecule has 280 valence electrons. The lowest BCUT2D eigenvalue weighted by Gasteiger charge is -2.33. The minimum atomic E-state index is -4.74. The number of halogens is 3. The number of allylic oxidation sites excluding steroid dienone is 1. The maximum Gasteiger partial charge on any atom is 0.452 e. The van der Waals surface area contributed by atoms with Gasteiger partial charge in [-0.25, -0.2) is 8.42 Å². The van der Waals surface area contributed by atoms with Crippen molar-refractivity contribution in [2.24, 2.45) is 5.41 Å². The molecule has 0 radical (unpaired) electrons. The number of aromatic nitrogens is 3. The molecule has 1 aromatic carbocycles. The lowest BCUT2D eigenvalue weighted by atomic mass is 9.70. The molecular formula is C36H43F3N6O6S. The SMILES string of the molecule is CC1=CC2=C(NC1OCCN1CCC1)OC1(CC1)CN(Cc1cc([C@@H](c3ccn4c(C(F)(F)F)nnc4c3C)C(C)(C)C(=O)O)ccc1C)S2(=O)=O. The Bertz CT molecular complexity index is 2100. The second-order valence-corrected chi connectivity index (χ2v) is 16.9. The van der Waals surface area contributed by atoms with E-state index in [9.17, 15) is 31.5 Å². The number of nitrogens with zero attached hydrogens (tertiary/aromatic N) is 5. The van der Waals surface area contributed by atoms with Crippen LogP contribution in [0.25, 0.3) is 5.65 Å². The lowest BCUT2D eigenvalue weighted by molar-refractivity contribution is -0.147. The Hall–Kier alpha value is -3.99. The van der Waals surface area contributed by atoms with Crippen LogP contribution in [0, 0.1) is 19.3 Å². The largest absolute Gasteiger partial charge is 0.481 e. The van der Waals surface area contributed by atoms with E-state index in [1.54, 1.807) is 39.0 Å². The van der Waals surface area contributed by atoms with Crippen molar-refractivity contribution in [3.05, 3.63) is 86.5 Å². The minimum absolute atomic E-state index is 0.0100. The molecule has 2 fully saturated rings. The van der Waals surface area contributed by atoms with Crippen molar-refractivity contribution >= 4 is 21.6 Å². The van der Waals surface area contributed by atoms with Gasteiger partial charge < -0.3 is 24.8 Å². The van der Waals surface area contributed by atoms with Gasteiger partial charge >= 0.3 is 12.1 Å². The van der Waals surface area contributed by atoms with E-state index in [1.165, 1.54) is 23.0 Å². The predicted molar refractivity (Wildman–Crippen MR) is 184 cm³/mol. The Balaban J connectivity index is 1.22. The number of fused-ring (bicyclic) bond motifs is 1. The Kier molecular flexibility index (Phi) is 8.99. The van der Waals surface area contributed by atoms with Crippen molar-refractivity contribution in [3.63, 3.8) is 0 Å². The molecule has 2 N–H and O–H groups in total. The summed E-state index contributed by atoms with van der Waals surface area (Å²) >= 11 is 0. The average molecular weight is 745 g/mol. The summed E-state index contributed by atoms with van der Waals surface area (Å²) in [6, 6.07) is 6.88. The summed E-state index contributed by atoms with van der Waals surface area (Å²) in [4.78, 5) is 15.1. The molecule has 2 aromatic heterocycles. The van der Waals surface area contributed by atoms with E-state index < -0.39 is 51.2 Å². The third-order valence-electron chi connectivity index (χ3n) is 10.9. The van der Waals surface area contributed by atoms with Crippen LogP contribution < -0.4 is 5.32 Å². The first-order valence-corrected chi connectivity index (χ1v) is 18.8. The van der Waals surface area contributed by atoms with E-state index in [4.69, 9.17) is 9.47 Å². The first-order valence-electron chi connectivity index (χ1n) is 17.4. The van der Waals surface area contributed by atoms with Crippen molar-refractivity contribution in [3.8, 4) is 0 Å². The molecule has 0 bridgehead atoms. The van der Waals surface area contributed by atoms with Gasteiger partial charge in [0.2, 0.25) is 21.7 Å². The average Bonchev–Trinajstić information content (AvgIpc) is 3.65. The van der Waals surface area contributed by atoms with Gasteiger partial charge in [-0.05, 0) is 113 Å². The molecule has 3 aromatic rings. The molecule has 0 amide bonds. The number of sulfonamides is 1. The van der Waals surface area contributed by atoms with Gasteiger partial charge in [-0.2, -0.15) is 17.5 Å². The van der Waals surface area contributed by atoms with Gasteiger partial charge in [-0.15, -0.1) is 10.2 Å². The van der Waals surface area contributed by atoms with E-state index in [2.05, 4.69) is 20.4 Å². The highest BCUT2D eigenvalue weighted by Gasteiger charge is 2.53. The minimum Gasteiger partial charge on any atom is -0.481 e. The van der Waals surface area contributed by atoms with Crippen molar-refractivity contribution in [1.29, 1.82) is 0 Å². The van der Waals surface area contributed by atoms with Gasteiger partial charge in [-0.1, -0.05) is 18.2 Å². The highest BCUT2D eigenvalue weighted by atomic mass is 32.2. The summed E-state index contributed by atoms with van der Waals surface area (Å²) in [5.74, 6) is -2.96. The number of carboxylic acid groups (broad SMARTS) is 1. The number of rotatable bonds is 10. The summed E-state index contributed by atoms with van der Waals surface area (Å²) in [6.45, 7) is 11.9. The molecule has 1 aliphatic carbocycles. The van der Waals surface area contributed by atoms with Crippen molar-refractivity contribution in [2.75, 3.05) is 32.8 Å². The van der Waals surface area contributed by atoms with Crippen LogP contribution in [0.2, 0.25) is 0 Å². The van der Waals surface area contributed by atoms with Crippen LogP contribution in [0.5, 0.6) is 0 Å². The molecule has 2 atom stereocenters. The second-order valence-electron chi connectivity index (χ2n) is 15.0. The van der Waals surface area contributed by atoms with Crippen LogP contribution in [-0.4, -0.2) is 87.9 Å². The summed E-state index contributed by atoms with van der Waals surface area (Å²) in [5, 5.41) is 20.8. The Morgan fingerprint density at radius 1 is 1.15 bits per heavy atom. The van der Waals surface area contributed by atoms with Crippen LogP contribution in [0.3, 0.4) is 0 Å². The standard InChI is InChI=1S/C36H43F3N6O6S/c1-21-7-8-24(28(34(4,5)33(46)47)26-9-14-45-29(23(26)3)41-42-32(45)36(37,38)39)18-25(21)19-44-20-35(10-11-35)51-31-27(52(44,48)49)17-22(2)30(40-31)50-16-15-43-12-6-13-43/h7-9,14,17-18,28,30,40H,6,10-13,15-16,19-20H2,1-5H3,(H,46,47)/t28-,30?/m0/s1. The zero-order chi connectivity index (χ0) is 37.4. The number of hydrogen-bond acceptors (Lipinski definition) is 9. The normalized spacial score (nSPS) is 22.2. The van der Waals surface area contributed by atoms with E-state index in [0.717, 1.165) is 29.6 Å². The number of carbonyl (C=O) groups is 1. The van der Waals surface area contributed by atoms with Crippen molar-refractivity contribution in [1.82, 2.24) is 29.1 Å². The van der Waals surface area contributed by atoms with Crippen LogP contribution in [0.4, 0.5) is 13.2 Å². The molecule has 7 rings (SSSR count). The molecule has 5 heterocycles. The molecule has 1 spiro atoms. The monoisotopic (exact) mass is 744 g/mol. The quantitative estimate of drug-likeness (QED) is 0.290. The van der Waals surface area contributed by atoms with Crippen LogP contribution in [-0.2, 0) is 37.0 Å². The van der Waals surface area contributed by atoms with Crippen molar-refractivity contribution in [2.45, 2.75) is 84.3 Å². The number of pyridine rings is 1. The van der Waals surface area contributed by atoms with E-state index >= 15 is 0 Å². The van der Waals surface area contributed by atoms with Crippen LogP contribution >= 0.6 is 0 Å². The van der Waals surface area contributed by atoms with Crippen molar-refractivity contribution < 1.29 is 41.0 Å². The summed E-state index contributed by atoms with van der Waals surface area (Å²) in [6.07, 6.45) is 0.0993. The number of benzene rings is 1. The van der Waals surface area contributed by atoms with E-state index in [-0.39, 0.29) is 29.5 Å². The molecule has 12 nitrogen and oxygen atoms in total. The second kappa shape index (κ2) is 12.8. The Morgan fingerprint density at radius 3 is 2.52 bits per heavy atom. The van der Waals surface area contributed by atoms with Crippen LogP contribution in [0.15, 0.2) is 52.9 Å². The molecule has 1 unspecified atom stereocenters. The molecular weight excluding hydrogens is 701 g/mol. The third kappa shape index (κ3) is 6.47. The Labute approximate surface area is 300 Å². The number of carboxylic acids is 1. The number of aryl methyl sites for hydroxylation is 2. The van der Waals surface area contributed by atoms with Gasteiger partial charge in [0.25, 0.3) is 0 Å². The molecule has 1 saturated carbocycles. The van der Waals surface area contributed by atoms with Gasteiger partial charge in [0.15, 0.2) is 11.9 Å². The first-order chi connectivity index (χ1) is 24.4. The zero-order valence-corrected chi connectivity index (χ0v) is 30.6. The lowest BCUT2D eigenvalue weighted by Crippen LogP contribution is -2.42. The molecule has 4 aliphatic rings. The molecule has 16 heteroatoms. The fourth-order valence-corrected chi connectivity index (χ4v) is 8.94. The highest BCUT2D eigenvalue weighted by molar-refractivity contribution is 7.93. The topological polar surface area (TPSA) is 139 Å². The summed E-state index contributed by atoms with van der Waals surface area (Å²) < 4.78 is 84.6. The van der Waals surface area contributed by atoms with Gasteiger partial charge in [-0.3, -0.25) is 9.20 Å². The maximum absolute atomic E-state index is 14.4. The summed E-state index contributed by atoms with van der Waals surface area (Å²) in [5.41, 5.74) is 1.37. The molecule has 52 heavy (non-hydrogen) atoms.